The summed E-state index contributed by atoms with van der Waals surface area (Å²) in [4.78, 5) is 7.07. The van der Waals surface area contributed by atoms with Crippen molar-refractivity contribution in [2.75, 3.05) is 14.7 Å². The zero-order valence-corrected chi connectivity index (χ0v) is 33.9. The molecule has 4 nitrogen and oxygen atoms in total. The lowest BCUT2D eigenvalue weighted by Crippen LogP contribution is -2.13. The Morgan fingerprint density at radius 2 is 0.677 bits per heavy atom. The van der Waals surface area contributed by atoms with Crippen molar-refractivity contribution in [2.45, 2.75) is 0 Å². The second-order valence-corrected chi connectivity index (χ2v) is 15.4. The van der Waals surface area contributed by atoms with Crippen molar-refractivity contribution in [3.63, 3.8) is 0 Å². The highest BCUT2D eigenvalue weighted by Gasteiger charge is 2.22. The van der Waals surface area contributed by atoms with Crippen LogP contribution in [0.25, 0.3) is 43.8 Å². The third kappa shape index (κ3) is 6.80. The number of benzene rings is 10. The Bertz CT molecular complexity index is 3120. The van der Waals surface area contributed by atoms with E-state index in [2.05, 4.69) is 251 Å². The Morgan fingerprint density at radius 3 is 1.23 bits per heavy atom. The van der Waals surface area contributed by atoms with Gasteiger partial charge in [0.1, 0.15) is 11.2 Å². The van der Waals surface area contributed by atoms with Gasteiger partial charge in [0.2, 0.25) is 0 Å². The second kappa shape index (κ2) is 16.0. The van der Waals surface area contributed by atoms with E-state index >= 15 is 0 Å². The van der Waals surface area contributed by atoms with Crippen LogP contribution in [-0.2, 0) is 0 Å². The second-order valence-electron chi connectivity index (χ2n) is 15.4. The molecule has 1 aromatic heterocycles. The van der Waals surface area contributed by atoms with Gasteiger partial charge in [0.25, 0.3) is 0 Å². The molecule has 4 heteroatoms. The molecule has 62 heavy (non-hydrogen) atoms. The molecule has 11 aromatic rings. The maximum absolute atomic E-state index is 6.27. The minimum absolute atomic E-state index is 0.874. The van der Waals surface area contributed by atoms with Crippen LogP contribution in [0.1, 0.15) is 0 Å². The molecule has 0 bridgehead atoms. The Labute approximate surface area is 361 Å². The Kier molecular flexibility index (Phi) is 9.49. The quantitative estimate of drug-likeness (QED) is 0.138. The normalized spacial score (nSPS) is 11.2. The monoisotopic (exact) mass is 795 g/mol. The van der Waals surface area contributed by atoms with E-state index in [4.69, 9.17) is 4.42 Å². The standard InChI is InChI=1S/C58H41N3O/c1-6-20-43(21-7-1)59(44-22-8-2-9-23-44)49-38-42(39-50(40-49)60(45-24-10-3-11-25-45)46-26-12-4-13-27-46)51-31-18-33-53-52(51)32-19-34-56(53)61(47-28-14-5-15-29-47)48-36-37-58-55(41-48)54-30-16-17-35-57(54)62-58/h1-41H. The first-order chi connectivity index (χ1) is 30.8. The number of fused-ring (bicyclic) bond motifs is 4. The lowest BCUT2D eigenvalue weighted by atomic mass is 9.95. The smallest absolute Gasteiger partial charge is 0.135 e. The highest BCUT2D eigenvalue weighted by atomic mass is 16.3. The number of anilines is 9. The molecular formula is C58H41N3O. The van der Waals surface area contributed by atoms with Gasteiger partial charge in [-0.2, -0.15) is 0 Å². The highest BCUT2D eigenvalue weighted by molar-refractivity contribution is 6.09. The molecule has 0 N–H and O–H groups in total. The molecule has 0 saturated carbocycles. The minimum atomic E-state index is 0.874. The third-order valence-electron chi connectivity index (χ3n) is 11.6. The lowest BCUT2D eigenvalue weighted by molar-refractivity contribution is 0.669. The molecule has 0 spiro atoms. The summed E-state index contributed by atoms with van der Waals surface area (Å²) in [7, 11) is 0. The average Bonchev–Trinajstić information content (AvgIpc) is 3.72. The zero-order chi connectivity index (χ0) is 41.2. The summed E-state index contributed by atoms with van der Waals surface area (Å²) < 4.78 is 6.27. The van der Waals surface area contributed by atoms with Gasteiger partial charge in [-0.25, -0.2) is 0 Å². The topological polar surface area (TPSA) is 22.9 Å². The summed E-state index contributed by atoms with van der Waals surface area (Å²) >= 11 is 0. The number of furan rings is 1. The molecule has 294 valence electrons. The molecule has 0 aliphatic carbocycles. The molecule has 11 rings (SSSR count). The fourth-order valence-electron chi connectivity index (χ4n) is 8.81. The van der Waals surface area contributed by atoms with Gasteiger partial charge in [0.05, 0.1) is 5.69 Å². The summed E-state index contributed by atoms with van der Waals surface area (Å²) in [6, 6.07) is 88.4. The zero-order valence-electron chi connectivity index (χ0n) is 33.9. The first kappa shape index (κ1) is 36.7. The first-order valence-corrected chi connectivity index (χ1v) is 21.0. The molecule has 0 saturated heterocycles. The van der Waals surface area contributed by atoms with Gasteiger partial charge in [-0.3, -0.25) is 0 Å². The molecule has 0 aliphatic heterocycles. The third-order valence-corrected chi connectivity index (χ3v) is 11.6. The Morgan fingerprint density at radius 1 is 0.242 bits per heavy atom. The van der Waals surface area contributed by atoms with Crippen LogP contribution in [0.5, 0.6) is 0 Å². The molecular weight excluding hydrogens is 755 g/mol. The fraction of sp³-hybridized carbons (Fsp3) is 0. The van der Waals surface area contributed by atoms with Crippen LogP contribution in [0.15, 0.2) is 253 Å². The van der Waals surface area contributed by atoms with Crippen molar-refractivity contribution in [3.05, 3.63) is 249 Å². The van der Waals surface area contributed by atoms with Crippen LogP contribution < -0.4 is 14.7 Å². The lowest BCUT2D eigenvalue weighted by Gasteiger charge is -2.30. The number of para-hydroxylation sites is 6. The van der Waals surface area contributed by atoms with Crippen molar-refractivity contribution in [3.8, 4) is 11.1 Å². The number of hydrogen-bond acceptors (Lipinski definition) is 4. The maximum Gasteiger partial charge on any atom is 0.135 e. The van der Waals surface area contributed by atoms with E-state index in [-0.39, 0.29) is 0 Å². The van der Waals surface area contributed by atoms with E-state index in [0.717, 1.165) is 95.0 Å². The average molecular weight is 796 g/mol. The van der Waals surface area contributed by atoms with Crippen molar-refractivity contribution in [1.29, 1.82) is 0 Å². The summed E-state index contributed by atoms with van der Waals surface area (Å²) in [6.45, 7) is 0. The predicted molar refractivity (Wildman–Crippen MR) is 261 cm³/mol. The number of hydrogen-bond donors (Lipinski definition) is 0. The largest absolute Gasteiger partial charge is 0.456 e. The Balaban J connectivity index is 1.15. The van der Waals surface area contributed by atoms with Crippen molar-refractivity contribution < 1.29 is 4.42 Å². The van der Waals surface area contributed by atoms with Crippen LogP contribution in [0.2, 0.25) is 0 Å². The van der Waals surface area contributed by atoms with Crippen molar-refractivity contribution in [1.82, 2.24) is 0 Å². The van der Waals surface area contributed by atoms with E-state index in [1.807, 2.05) is 12.1 Å². The molecule has 0 atom stereocenters. The fourth-order valence-corrected chi connectivity index (χ4v) is 8.81. The molecule has 0 radical (unpaired) electrons. The van der Waals surface area contributed by atoms with Crippen LogP contribution in [0.4, 0.5) is 51.2 Å². The molecule has 10 aromatic carbocycles. The van der Waals surface area contributed by atoms with Crippen LogP contribution >= 0.6 is 0 Å². The van der Waals surface area contributed by atoms with E-state index in [1.165, 1.54) is 0 Å². The summed E-state index contributed by atoms with van der Waals surface area (Å²) in [5.74, 6) is 0. The van der Waals surface area contributed by atoms with Gasteiger partial charge in [-0.1, -0.05) is 140 Å². The SMILES string of the molecule is c1ccc(N(c2ccccc2)c2cc(-c3cccc4c(N(c5ccccc5)c5ccc6oc7ccccc7c6c5)cccc34)cc(N(c3ccccc3)c3ccccc3)c2)cc1. The molecule has 0 fully saturated rings. The Hall–Kier alpha value is -8.34. The number of rotatable bonds is 10. The van der Waals surface area contributed by atoms with Crippen molar-refractivity contribution >= 4 is 83.9 Å². The maximum atomic E-state index is 6.27. The molecule has 1 heterocycles. The van der Waals surface area contributed by atoms with Crippen LogP contribution in [0, 0.1) is 0 Å². The van der Waals surface area contributed by atoms with Gasteiger partial charge in [-0.05, 0) is 126 Å². The van der Waals surface area contributed by atoms with Crippen molar-refractivity contribution in [2.24, 2.45) is 0 Å². The van der Waals surface area contributed by atoms with Gasteiger partial charge in [0.15, 0.2) is 0 Å². The minimum Gasteiger partial charge on any atom is -0.456 e. The summed E-state index contributed by atoms with van der Waals surface area (Å²) in [5, 5.41) is 4.49. The molecule has 0 amide bonds. The first-order valence-electron chi connectivity index (χ1n) is 21.0. The van der Waals surface area contributed by atoms with Crippen LogP contribution in [-0.4, -0.2) is 0 Å². The highest BCUT2D eigenvalue weighted by Crippen LogP contribution is 2.46. The van der Waals surface area contributed by atoms with E-state index in [9.17, 15) is 0 Å². The van der Waals surface area contributed by atoms with Gasteiger partial charge in [-0.15, -0.1) is 0 Å². The molecule has 0 aliphatic rings. The van der Waals surface area contributed by atoms with Crippen LogP contribution in [0.3, 0.4) is 0 Å². The van der Waals surface area contributed by atoms with Gasteiger partial charge >= 0.3 is 0 Å². The van der Waals surface area contributed by atoms with E-state index in [1.54, 1.807) is 0 Å². The van der Waals surface area contributed by atoms with Gasteiger partial charge in [0, 0.05) is 61.7 Å². The predicted octanol–water partition coefficient (Wildman–Crippen LogP) is 16.8. The number of nitrogens with zero attached hydrogens (tertiary/aromatic N) is 3. The summed E-state index contributed by atoms with van der Waals surface area (Å²) in [6.07, 6.45) is 0. The van der Waals surface area contributed by atoms with E-state index < -0.39 is 0 Å². The summed E-state index contributed by atoms with van der Waals surface area (Å²) in [5.41, 5.74) is 13.6. The van der Waals surface area contributed by atoms with E-state index in [0.29, 0.717) is 0 Å². The molecule has 0 unspecified atom stereocenters. The van der Waals surface area contributed by atoms with Gasteiger partial charge < -0.3 is 19.1 Å².